The summed E-state index contributed by atoms with van der Waals surface area (Å²) in [6.07, 6.45) is 0. The van der Waals surface area contributed by atoms with Crippen LogP contribution >= 0.6 is 0 Å². The van der Waals surface area contributed by atoms with E-state index in [1.54, 1.807) is 0 Å². The Morgan fingerprint density at radius 3 is 1.95 bits per heavy atom. The lowest BCUT2D eigenvalue weighted by molar-refractivity contribution is 0.103. The number of aryl methyl sites for hydroxylation is 2. The zero-order chi connectivity index (χ0) is 14.2. The second-order valence-electron chi connectivity index (χ2n) is 5.26. The van der Waals surface area contributed by atoms with Crippen LogP contribution in [0.15, 0.2) is 30.3 Å². The van der Waals surface area contributed by atoms with Gasteiger partial charge in [0.05, 0.1) is 0 Å². The van der Waals surface area contributed by atoms with Crippen molar-refractivity contribution in [2.75, 3.05) is 0 Å². The van der Waals surface area contributed by atoms with Crippen molar-refractivity contribution in [1.29, 1.82) is 0 Å². The van der Waals surface area contributed by atoms with Gasteiger partial charge in [0.2, 0.25) is 0 Å². The molecule has 0 saturated heterocycles. The van der Waals surface area contributed by atoms with E-state index in [-0.39, 0.29) is 5.78 Å². The minimum atomic E-state index is 0.127. The van der Waals surface area contributed by atoms with E-state index < -0.39 is 0 Å². The molecule has 1 heteroatoms. The van der Waals surface area contributed by atoms with Gasteiger partial charge in [0.15, 0.2) is 5.78 Å². The molecule has 19 heavy (non-hydrogen) atoms. The fraction of sp³-hybridized carbons (Fsp3) is 0.278. The third-order valence-electron chi connectivity index (χ3n) is 4.15. The van der Waals surface area contributed by atoms with Crippen molar-refractivity contribution in [3.8, 4) is 0 Å². The summed E-state index contributed by atoms with van der Waals surface area (Å²) in [4.78, 5) is 12.7. The molecule has 0 amide bonds. The Kier molecular flexibility index (Phi) is 3.57. The molecule has 0 N–H and O–H groups in total. The van der Waals surface area contributed by atoms with Gasteiger partial charge in [-0.25, -0.2) is 0 Å². The van der Waals surface area contributed by atoms with Crippen LogP contribution in [0.5, 0.6) is 0 Å². The molecule has 0 spiro atoms. The summed E-state index contributed by atoms with van der Waals surface area (Å²) < 4.78 is 0. The lowest BCUT2D eigenvalue weighted by Crippen LogP contribution is -2.08. The van der Waals surface area contributed by atoms with E-state index in [1.807, 2.05) is 51.1 Å². The molecule has 0 atom stereocenters. The highest BCUT2D eigenvalue weighted by Crippen LogP contribution is 2.22. The third kappa shape index (κ3) is 2.33. The molecule has 0 fully saturated rings. The standard InChI is InChI=1S/C18H20O/c1-11-7-6-8-16(14(11)4)18(19)17-10-9-12(2)13(3)15(17)5/h6-10H,1-5H3. The SMILES string of the molecule is Cc1cccc(C(=O)c2ccc(C)c(C)c2C)c1C. The predicted molar refractivity (Wildman–Crippen MR) is 80.0 cm³/mol. The van der Waals surface area contributed by atoms with Crippen molar-refractivity contribution in [1.82, 2.24) is 0 Å². The van der Waals surface area contributed by atoms with E-state index >= 15 is 0 Å². The first-order valence-electron chi connectivity index (χ1n) is 6.61. The Bertz CT molecular complexity index is 651. The zero-order valence-electron chi connectivity index (χ0n) is 12.3. The van der Waals surface area contributed by atoms with Gasteiger partial charge >= 0.3 is 0 Å². The minimum absolute atomic E-state index is 0.127. The van der Waals surface area contributed by atoms with Crippen LogP contribution in [-0.4, -0.2) is 5.78 Å². The van der Waals surface area contributed by atoms with Crippen molar-refractivity contribution in [3.05, 3.63) is 69.3 Å². The number of benzene rings is 2. The summed E-state index contributed by atoms with van der Waals surface area (Å²) in [5.41, 5.74) is 7.39. The van der Waals surface area contributed by atoms with Crippen molar-refractivity contribution in [3.63, 3.8) is 0 Å². The molecule has 1 nitrogen and oxygen atoms in total. The highest BCUT2D eigenvalue weighted by molar-refractivity contribution is 6.11. The zero-order valence-corrected chi connectivity index (χ0v) is 12.3. The average Bonchev–Trinajstić information content (AvgIpc) is 2.39. The van der Waals surface area contributed by atoms with Crippen LogP contribution < -0.4 is 0 Å². The summed E-state index contributed by atoms with van der Waals surface area (Å²) in [6, 6.07) is 9.88. The topological polar surface area (TPSA) is 17.1 Å². The van der Waals surface area contributed by atoms with Gasteiger partial charge in [-0.1, -0.05) is 30.3 Å². The summed E-state index contributed by atoms with van der Waals surface area (Å²) in [5, 5.41) is 0. The number of carbonyl (C=O) groups is 1. The first-order valence-corrected chi connectivity index (χ1v) is 6.61. The average molecular weight is 252 g/mol. The molecule has 0 saturated carbocycles. The van der Waals surface area contributed by atoms with E-state index in [9.17, 15) is 4.79 Å². The highest BCUT2D eigenvalue weighted by Gasteiger charge is 2.16. The molecule has 0 bridgehead atoms. The number of ketones is 1. The Labute approximate surface area is 115 Å². The maximum absolute atomic E-state index is 12.7. The maximum Gasteiger partial charge on any atom is 0.193 e. The number of hydrogen-bond acceptors (Lipinski definition) is 1. The van der Waals surface area contributed by atoms with Gasteiger partial charge in [-0.2, -0.15) is 0 Å². The summed E-state index contributed by atoms with van der Waals surface area (Å²) >= 11 is 0. The molecule has 0 heterocycles. The maximum atomic E-state index is 12.7. The molecule has 0 aliphatic rings. The number of rotatable bonds is 2. The van der Waals surface area contributed by atoms with Crippen LogP contribution in [0.25, 0.3) is 0 Å². The van der Waals surface area contributed by atoms with Gasteiger partial charge in [0.1, 0.15) is 0 Å². The quantitative estimate of drug-likeness (QED) is 0.721. The minimum Gasteiger partial charge on any atom is -0.289 e. The van der Waals surface area contributed by atoms with Crippen LogP contribution in [0.2, 0.25) is 0 Å². The highest BCUT2D eigenvalue weighted by atomic mass is 16.1. The largest absolute Gasteiger partial charge is 0.289 e. The Balaban J connectivity index is 2.57. The van der Waals surface area contributed by atoms with Gasteiger partial charge in [-0.15, -0.1) is 0 Å². The molecule has 98 valence electrons. The van der Waals surface area contributed by atoms with E-state index in [0.29, 0.717) is 0 Å². The molecular formula is C18H20O. The lowest BCUT2D eigenvalue weighted by atomic mass is 9.91. The fourth-order valence-electron chi connectivity index (χ4n) is 2.34. The summed E-state index contributed by atoms with van der Waals surface area (Å²) in [5.74, 6) is 0.127. The Morgan fingerprint density at radius 2 is 1.26 bits per heavy atom. The van der Waals surface area contributed by atoms with Crippen molar-refractivity contribution in [2.45, 2.75) is 34.6 Å². The fourth-order valence-corrected chi connectivity index (χ4v) is 2.34. The molecule has 0 aliphatic heterocycles. The van der Waals surface area contributed by atoms with Crippen molar-refractivity contribution >= 4 is 5.78 Å². The summed E-state index contributed by atoms with van der Waals surface area (Å²) in [7, 11) is 0. The normalized spacial score (nSPS) is 10.6. The van der Waals surface area contributed by atoms with Crippen LogP contribution in [0.3, 0.4) is 0 Å². The van der Waals surface area contributed by atoms with Crippen LogP contribution in [-0.2, 0) is 0 Å². The van der Waals surface area contributed by atoms with Crippen molar-refractivity contribution in [2.24, 2.45) is 0 Å². The Hall–Kier alpha value is -1.89. The van der Waals surface area contributed by atoms with E-state index in [0.717, 1.165) is 27.8 Å². The molecule has 2 aromatic carbocycles. The molecule has 0 unspecified atom stereocenters. The molecule has 0 radical (unpaired) electrons. The van der Waals surface area contributed by atoms with Crippen LogP contribution in [0.1, 0.15) is 43.7 Å². The van der Waals surface area contributed by atoms with Gasteiger partial charge in [-0.3, -0.25) is 4.79 Å². The van der Waals surface area contributed by atoms with Gasteiger partial charge in [0, 0.05) is 11.1 Å². The predicted octanol–water partition coefficient (Wildman–Crippen LogP) is 4.46. The van der Waals surface area contributed by atoms with E-state index in [2.05, 4.69) is 13.8 Å². The van der Waals surface area contributed by atoms with Crippen molar-refractivity contribution < 1.29 is 4.79 Å². The van der Waals surface area contributed by atoms with Crippen LogP contribution in [0, 0.1) is 34.6 Å². The first-order chi connectivity index (χ1) is 8.93. The van der Waals surface area contributed by atoms with Gasteiger partial charge < -0.3 is 0 Å². The molecular weight excluding hydrogens is 232 g/mol. The monoisotopic (exact) mass is 252 g/mol. The Morgan fingerprint density at radius 1 is 0.684 bits per heavy atom. The van der Waals surface area contributed by atoms with E-state index in [1.165, 1.54) is 11.1 Å². The molecule has 0 aliphatic carbocycles. The third-order valence-corrected chi connectivity index (χ3v) is 4.15. The summed E-state index contributed by atoms with van der Waals surface area (Å²) in [6.45, 7) is 10.2. The van der Waals surface area contributed by atoms with Crippen LogP contribution in [0.4, 0.5) is 0 Å². The smallest absolute Gasteiger partial charge is 0.193 e. The van der Waals surface area contributed by atoms with Gasteiger partial charge in [0.25, 0.3) is 0 Å². The second kappa shape index (κ2) is 5.00. The number of carbonyl (C=O) groups excluding carboxylic acids is 1. The lowest BCUT2D eigenvalue weighted by Gasteiger charge is -2.12. The van der Waals surface area contributed by atoms with E-state index in [4.69, 9.17) is 0 Å². The molecule has 2 aromatic rings. The second-order valence-corrected chi connectivity index (χ2v) is 5.26. The molecule has 0 aromatic heterocycles. The number of hydrogen-bond donors (Lipinski definition) is 0. The molecule has 2 rings (SSSR count). The van der Waals surface area contributed by atoms with Gasteiger partial charge in [-0.05, 0) is 62.4 Å². The first kappa shape index (κ1) is 13.5.